The number of rotatable bonds is 4. The minimum atomic E-state index is -0.208. The van der Waals surface area contributed by atoms with Gasteiger partial charge in [0.1, 0.15) is 11.5 Å². The van der Waals surface area contributed by atoms with Crippen LogP contribution in [0.2, 0.25) is 0 Å². The molecule has 3 aromatic rings. The number of hydrogen-bond donors (Lipinski definition) is 1. The predicted molar refractivity (Wildman–Crippen MR) is 118 cm³/mol. The van der Waals surface area contributed by atoms with Crippen LogP contribution >= 0.6 is 0 Å². The second-order valence-electron chi connectivity index (χ2n) is 8.87. The SMILES string of the molecule is C#Cc1ccc(C(=O)NC[C@H]2C[C@H]3CC(c4ccnc5ccc(F)cc45)C[C@H]3C2)cn1. The number of benzene rings is 1. The zero-order chi connectivity index (χ0) is 21.4. The molecule has 0 saturated heterocycles. The zero-order valence-electron chi connectivity index (χ0n) is 17.2. The molecule has 156 valence electrons. The van der Waals surface area contributed by atoms with E-state index in [9.17, 15) is 9.18 Å². The average Bonchev–Trinajstić information content (AvgIpc) is 3.36. The molecule has 1 unspecified atom stereocenters. The molecular formula is C26H24FN3O. The van der Waals surface area contributed by atoms with Crippen molar-refractivity contribution in [2.24, 2.45) is 17.8 Å². The van der Waals surface area contributed by atoms with E-state index in [0.717, 1.165) is 36.6 Å². The number of halogens is 1. The molecule has 0 aliphatic heterocycles. The van der Waals surface area contributed by atoms with Crippen molar-refractivity contribution in [1.82, 2.24) is 15.3 Å². The number of fused-ring (bicyclic) bond motifs is 2. The van der Waals surface area contributed by atoms with E-state index in [1.54, 1.807) is 24.3 Å². The lowest BCUT2D eigenvalue weighted by atomic mass is 9.90. The van der Waals surface area contributed by atoms with Gasteiger partial charge in [0, 0.05) is 24.3 Å². The quantitative estimate of drug-likeness (QED) is 0.631. The van der Waals surface area contributed by atoms with Crippen LogP contribution < -0.4 is 5.32 Å². The Labute approximate surface area is 181 Å². The first-order valence-corrected chi connectivity index (χ1v) is 10.9. The highest BCUT2D eigenvalue weighted by atomic mass is 19.1. The maximum atomic E-state index is 13.8. The van der Waals surface area contributed by atoms with E-state index in [4.69, 9.17) is 6.42 Å². The third-order valence-electron chi connectivity index (χ3n) is 7.02. The van der Waals surface area contributed by atoms with Crippen LogP contribution in [0.3, 0.4) is 0 Å². The lowest BCUT2D eigenvalue weighted by Gasteiger charge is -2.17. The summed E-state index contributed by atoms with van der Waals surface area (Å²) in [5, 5.41) is 4.01. The molecule has 2 aliphatic rings. The fourth-order valence-corrected chi connectivity index (χ4v) is 5.61. The molecule has 1 N–H and O–H groups in total. The van der Waals surface area contributed by atoms with Crippen LogP contribution in [0.1, 0.15) is 53.2 Å². The van der Waals surface area contributed by atoms with Crippen molar-refractivity contribution in [2.45, 2.75) is 31.6 Å². The summed E-state index contributed by atoms with van der Waals surface area (Å²) in [5.74, 6) is 4.44. The van der Waals surface area contributed by atoms with Crippen molar-refractivity contribution >= 4 is 16.8 Å². The molecule has 2 aromatic heterocycles. The van der Waals surface area contributed by atoms with Crippen molar-refractivity contribution in [3.05, 3.63) is 71.4 Å². The number of nitrogens with one attached hydrogen (secondary N) is 1. The molecule has 5 heteroatoms. The molecule has 0 spiro atoms. The molecule has 0 radical (unpaired) electrons. The first-order chi connectivity index (χ1) is 15.1. The summed E-state index contributed by atoms with van der Waals surface area (Å²) >= 11 is 0. The van der Waals surface area contributed by atoms with Crippen LogP contribution in [-0.2, 0) is 0 Å². The number of terminal acetylenes is 1. The van der Waals surface area contributed by atoms with Crippen molar-refractivity contribution in [2.75, 3.05) is 6.54 Å². The number of carbonyl (C=O) groups excluding carboxylic acids is 1. The molecule has 5 rings (SSSR count). The fourth-order valence-electron chi connectivity index (χ4n) is 5.61. The summed E-state index contributed by atoms with van der Waals surface area (Å²) in [6, 6.07) is 10.3. The van der Waals surface area contributed by atoms with E-state index in [1.807, 2.05) is 6.20 Å². The Kier molecular flexibility index (Phi) is 5.15. The lowest BCUT2D eigenvalue weighted by Crippen LogP contribution is -2.28. The molecule has 2 fully saturated rings. The van der Waals surface area contributed by atoms with Crippen LogP contribution in [0.15, 0.2) is 48.8 Å². The van der Waals surface area contributed by atoms with Gasteiger partial charge in [-0.1, -0.05) is 5.92 Å². The minimum Gasteiger partial charge on any atom is -0.352 e. The number of carbonyl (C=O) groups is 1. The number of aromatic nitrogens is 2. The molecule has 2 saturated carbocycles. The van der Waals surface area contributed by atoms with Gasteiger partial charge in [-0.25, -0.2) is 9.37 Å². The van der Waals surface area contributed by atoms with Gasteiger partial charge in [0.05, 0.1) is 11.1 Å². The monoisotopic (exact) mass is 413 g/mol. The molecule has 2 heterocycles. The van der Waals surface area contributed by atoms with E-state index in [0.29, 0.717) is 41.5 Å². The Hall–Kier alpha value is -3.26. The molecule has 4 nitrogen and oxygen atoms in total. The highest BCUT2D eigenvalue weighted by molar-refractivity contribution is 5.93. The van der Waals surface area contributed by atoms with Gasteiger partial charge in [0.2, 0.25) is 0 Å². The van der Waals surface area contributed by atoms with E-state index < -0.39 is 0 Å². The van der Waals surface area contributed by atoms with E-state index in [-0.39, 0.29) is 11.7 Å². The highest BCUT2D eigenvalue weighted by Crippen LogP contribution is 2.53. The third-order valence-corrected chi connectivity index (χ3v) is 7.02. The lowest BCUT2D eigenvalue weighted by molar-refractivity contribution is 0.0946. The molecule has 2 aliphatic carbocycles. The van der Waals surface area contributed by atoms with Crippen molar-refractivity contribution in [3.63, 3.8) is 0 Å². The average molecular weight is 413 g/mol. The van der Waals surface area contributed by atoms with E-state index in [2.05, 4.69) is 27.3 Å². The van der Waals surface area contributed by atoms with E-state index in [1.165, 1.54) is 17.8 Å². The highest BCUT2D eigenvalue weighted by Gasteiger charge is 2.42. The van der Waals surface area contributed by atoms with Gasteiger partial charge < -0.3 is 5.32 Å². The first-order valence-electron chi connectivity index (χ1n) is 10.9. The van der Waals surface area contributed by atoms with Gasteiger partial charge in [-0.3, -0.25) is 9.78 Å². The van der Waals surface area contributed by atoms with Crippen LogP contribution in [-0.4, -0.2) is 22.4 Å². The second-order valence-corrected chi connectivity index (χ2v) is 8.87. The van der Waals surface area contributed by atoms with E-state index >= 15 is 0 Å². The van der Waals surface area contributed by atoms with Crippen LogP contribution in [0.4, 0.5) is 4.39 Å². The molecule has 4 atom stereocenters. The van der Waals surface area contributed by atoms with Gasteiger partial charge in [-0.15, -0.1) is 6.42 Å². The molecule has 1 amide bonds. The molecule has 1 aromatic carbocycles. The van der Waals surface area contributed by atoms with Crippen molar-refractivity contribution in [3.8, 4) is 12.3 Å². The minimum absolute atomic E-state index is 0.101. The topological polar surface area (TPSA) is 54.9 Å². The van der Waals surface area contributed by atoms with Gasteiger partial charge >= 0.3 is 0 Å². The van der Waals surface area contributed by atoms with Crippen molar-refractivity contribution < 1.29 is 9.18 Å². The Morgan fingerprint density at radius 3 is 2.61 bits per heavy atom. The fraction of sp³-hybridized carbons (Fsp3) is 0.346. The summed E-state index contributed by atoms with van der Waals surface area (Å²) in [6.07, 6.45) is 13.2. The number of nitrogens with zero attached hydrogens (tertiary/aromatic N) is 2. The van der Waals surface area contributed by atoms with Crippen LogP contribution in [0.5, 0.6) is 0 Å². The Balaban J connectivity index is 1.19. The smallest absolute Gasteiger partial charge is 0.252 e. The van der Waals surface area contributed by atoms with Gasteiger partial charge in [-0.05, 0) is 91.3 Å². The van der Waals surface area contributed by atoms with Gasteiger partial charge in [0.25, 0.3) is 5.91 Å². The number of amides is 1. The summed E-state index contributed by atoms with van der Waals surface area (Å²) < 4.78 is 13.8. The van der Waals surface area contributed by atoms with Gasteiger partial charge in [0.15, 0.2) is 0 Å². The summed E-state index contributed by atoms with van der Waals surface area (Å²) in [6.45, 7) is 0.691. The van der Waals surface area contributed by atoms with Gasteiger partial charge in [-0.2, -0.15) is 0 Å². The summed E-state index contributed by atoms with van der Waals surface area (Å²) in [5.41, 5.74) is 3.15. The Bertz CT molecular complexity index is 1150. The van der Waals surface area contributed by atoms with Crippen LogP contribution in [0, 0.1) is 35.9 Å². The van der Waals surface area contributed by atoms with Crippen molar-refractivity contribution in [1.29, 1.82) is 0 Å². The number of hydrogen-bond acceptors (Lipinski definition) is 3. The first kappa shape index (κ1) is 19.7. The largest absolute Gasteiger partial charge is 0.352 e. The Morgan fingerprint density at radius 1 is 1.10 bits per heavy atom. The third kappa shape index (κ3) is 3.90. The summed E-state index contributed by atoms with van der Waals surface area (Å²) in [7, 11) is 0. The molecule has 0 bridgehead atoms. The predicted octanol–water partition coefficient (Wildman–Crippen LogP) is 4.70. The second kappa shape index (κ2) is 8.11. The number of pyridine rings is 2. The molecular weight excluding hydrogens is 389 g/mol. The standard InChI is InChI=1S/C26H24FN3O/c1-2-22-5-3-17(15-29-22)26(31)30-14-16-9-18-11-20(12-19(18)10-16)23-7-8-28-25-6-4-21(27)13-24(23)25/h1,3-8,13,15-16,18-20H,9-12,14H2,(H,30,31)/t16-,18-,19+,20?. The summed E-state index contributed by atoms with van der Waals surface area (Å²) in [4.78, 5) is 20.9. The Morgan fingerprint density at radius 2 is 1.90 bits per heavy atom. The maximum Gasteiger partial charge on any atom is 0.252 e. The normalized spacial score (nSPS) is 24.6. The zero-order valence-corrected chi connectivity index (χ0v) is 17.2. The maximum absolute atomic E-state index is 13.8. The molecule has 31 heavy (non-hydrogen) atoms. The van der Waals surface area contributed by atoms with Crippen LogP contribution in [0.25, 0.3) is 10.9 Å².